The number of hydrogen-bond donors (Lipinski definition) is 0. The fraction of sp³-hybridized carbons (Fsp3) is 0.867. The molecule has 5 heteroatoms. The molecule has 1 aromatic rings. The average molecular weight is 299 g/mol. The molecule has 1 aliphatic rings. The van der Waals surface area contributed by atoms with Crippen molar-refractivity contribution in [2.45, 2.75) is 59.8 Å². The highest BCUT2D eigenvalue weighted by atomic mass is 32.2. The molecule has 1 aliphatic carbocycles. The van der Waals surface area contributed by atoms with E-state index in [1.807, 2.05) is 17.9 Å². The minimum Gasteiger partial charge on any atom is -0.381 e. The summed E-state index contributed by atoms with van der Waals surface area (Å²) in [5.41, 5.74) is 0. The standard InChI is InChI=1S/C14H25N3OS.CH4/c1-12-15-13(2)17(16-12)19-11-5-9-18-10-8-14-6-3-4-7-14;/h14H,3-11H2,1-2H3;1H4. The van der Waals surface area contributed by atoms with Gasteiger partial charge in [-0.2, -0.15) is 4.09 Å². The summed E-state index contributed by atoms with van der Waals surface area (Å²) in [7, 11) is 0. The molecule has 1 saturated carbocycles. The van der Waals surface area contributed by atoms with Crippen LogP contribution in [0.5, 0.6) is 0 Å². The first kappa shape index (κ1) is 17.5. The molecule has 0 saturated heterocycles. The Bertz CT molecular complexity index is 375. The molecule has 1 aromatic heterocycles. The summed E-state index contributed by atoms with van der Waals surface area (Å²) in [4.78, 5) is 4.28. The predicted octanol–water partition coefficient (Wildman–Crippen LogP) is 4.01. The van der Waals surface area contributed by atoms with Gasteiger partial charge in [0.05, 0.1) is 0 Å². The van der Waals surface area contributed by atoms with Crippen LogP contribution in [-0.4, -0.2) is 33.1 Å². The Morgan fingerprint density at radius 2 is 2.00 bits per heavy atom. The first-order valence-corrected chi connectivity index (χ1v) is 8.31. The number of ether oxygens (including phenoxy) is 1. The summed E-state index contributed by atoms with van der Waals surface area (Å²) in [6, 6.07) is 0. The van der Waals surface area contributed by atoms with Crippen LogP contribution in [-0.2, 0) is 4.74 Å². The molecular weight excluding hydrogens is 270 g/mol. The van der Waals surface area contributed by atoms with E-state index in [2.05, 4.69) is 10.1 Å². The smallest absolute Gasteiger partial charge is 0.148 e. The molecule has 0 bridgehead atoms. The summed E-state index contributed by atoms with van der Waals surface area (Å²) in [5, 5.41) is 4.32. The molecule has 0 unspecified atom stereocenters. The largest absolute Gasteiger partial charge is 0.381 e. The van der Waals surface area contributed by atoms with Crippen LogP contribution in [0, 0.1) is 19.8 Å². The third kappa shape index (κ3) is 5.83. The van der Waals surface area contributed by atoms with Crippen molar-refractivity contribution in [1.29, 1.82) is 0 Å². The topological polar surface area (TPSA) is 39.9 Å². The molecule has 2 rings (SSSR count). The molecular formula is C15H29N3OS. The van der Waals surface area contributed by atoms with E-state index in [-0.39, 0.29) is 7.43 Å². The lowest BCUT2D eigenvalue weighted by molar-refractivity contribution is 0.121. The highest BCUT2D eigenvalue weighted by Crippen LogP contribution is 2.27. The normalized spacial score (nSPS) is 15.5. The zero-order valence-electron chi connectivity index (χ0n) is 12.1. The van der Waals surface area contributed by atoms with E-state index in [0.29, 0.717) is 0 Å². The Kier molecular flexibility index (Phi) is 8.22. The lowest BCUT2D eigenvalue weighted by Gasteiger charge is -2.09. The van der Waals surface area contributed by atoms with Crippen molar-refractivity contribution >= 4 is 11.9 Å². The van der Waals surface area contributed by atoms with Gasteiger partial charge in [0.15, 0.2) is 0 Å². The summed E-state index contributed by atoms with van der Waals surface area (Å²) in [5.74, 6) is 3.80. The minimum absolute atomic E-state index is 0. The molecule has 0 aliphatic heterocycles. The average Bonchev–Trinajstić information content (AvgIpc) is 2.98. The van der Waals surface area contributed by atoms with Crippen molar-refractivity contribution in [2.75, 3.05) is 19.0 Å². The maximum absolute atomic E-state index is 5.71. The van der Waals surface area contributed by atoms with Crippen LogP contribution < -0.4 is 0 Å². The van der Waals surface area contributed by atoms with Gasteiger partial charge in [0.2, 0.25) is 0 Å². The first-order valence-electron chi connectivity index (χ1n) is 7.37. The van der Waals surface area contributed by atoms with Crippen molar-refractivity contribution < 1.29 is 4.74 Å². The summed E-state index contributed by atoms with van der Waals surface area (Å²) in [6.45, 7) is 5.73. The molecule has 0 amide bonds. The Morgan fingerprint density at radius 3 is 2.65 bits per heavy atom. The Morgan fingerprint density at radius 1 is 1.25 bits per heavy atom. The highest BCUT2D eigenvalue weighted by molar-refractivity contribution is 7.97. The van der Waals surface area contributed by atoms with Crippen LogP contribution in [0.25, 0.3) is 0 Å². The van der Waals surface area contributed by atoms with E-state index >= 15 is 0 Å². The number of rotatable bonds is 8. The van der Waals surface area contributed by atoms with Gasteiger partial charge in [0, 0.05) is 19.0 Å². The summed E-state index contributed by atoms with van der Waals surface area (Å²) < 4.78 is 7.62. The van der Waals surface area contributed by atoms with Crippen molar-refractivity contribution in [3.05, 3.63) is 11.6 Å². The molecule has 116 valence electrons. The zero-order chi connectivity index (χ0) is 13.5. The third-order valence-electron chi connectivity index (χ3n) is 3.63. The van der Waals surface area contributed by atoms with Gasteiger partial charge in [-0.15, -0.1) is 5.10 Å². The first-order chi connectivity index (χ1) is 9.25. The van der Waals surface area contributed by atoms with Crippen molar-refractivity contribution in [3.63, 3.8) is 0 Å². The van der Waals surface area contributed by atoms with Gasteiger partial charge in [0.25, 0.3) is 0 Å². The molecule has 0 N–H and O–H groups in total. The van der Waals surface area contributed by atoms with Crippen molar-refractivity contribution in [1.82, 2.24) is 14.2 Å². The van der Waals surface area contributed by atoms with Crippen LogP contribution >= 0.6 is 11.9 Å². The zero-order valence-corrected chi connectivity index (χ0v) is 12.9. The SMILES string of the molecule is C.Cc1nc(C)n(SCCCOCCC2CCCC2)n1. The fourth-order valence-corrected chi connectivity index (χ4v) is 3.41. The number of nitrogens with zero attached hydrogens (tertiary/aromatic N) is 3. The Hall–Kier alpha value is -0.550. The monoisotopic (exact) mass is 299 g/mol. The van der Waals surface area contributed by atoms with Gasteiger partial charge in [-0.1, -0.05) is 33.1 Å². The number of hydrogen-bond acceptors (Lipinski definition) is 4. The van der Waals surface area contributed by atoms with Crippen LogP contribution in [0.4, 0.5) is 0 Å². The molecule has 1 heterocycles. The molecule has 1 fully saturated rings. The maximum Gasteiger partial charge on any atom is 0.148 e. The van der Waals surface area contributed by atoms with E-state index in [1.165, 1.54) is 32.1 Å². The van der Waals surface area contributed by atoms with Crippen LogP contribution in [0.15, 0.2) is 0 Å². The van der Waals surface area contributed by atoms with Gasteiger partial charge in [-0.25, -0.2) is 4.98 Å². The Labute approximate surface area is 127 Å². The van der Waals surface area contributed by atoms with Crippen LogP contribution in [0.3, 0.4) is 0 Å². The second kappa shape index (κ2) is 9.40. The highest BCUT2D eigenvalue weighted by Gasteiger charge is 2.14. The number of aryl methyl sites for hydroxylation is 2. The minimum atomic E-state index is 0. The molecule has 4 nitrogen and oxygen atoms in total. The van der Waals surface area contributed by atoms with Crippen molar-refractivity contribution in [3.8, 4) is 0 Å². The lowest BCUT2D eigenvalue weighted by atomic mass is 10.1. The van der Waals surface area contributed by atoms with Crippen molar-refractivity contribution in [2.24, 2.45) is 5.92 Å². The van der Waals surface area contributed by atoms with Crippen LogP contribution in [0.1, 0.15) is 57.6 Å². The van der Waals surface area contributed by atoms with Crippen LogP contribution in [0.2, 0.25) is 0 Å². The Balaban J connectivity index is 0.00000200. The number of aromatic nitrogens is 3. The quantitative estimate of drug-likeness (QED) is 0.680. The summed E-state index contributed by atoms with van der Waals surface area (Å²) in [6.07, 6.45) is 8.03. The fourth-order valence-electron chi connectivity index (χ4n) is 2.59. The maximum atomic E-state index is 5.71. The van der Waals surface area contributed by atoms with E-state index in [4.69, 9.17) is 4.74 Å². The van der Waals surface area contributed by atoms with Gasteiger partial charge in [-0.05, 0) is 44.6 Å². The van der Waals surface area contributed by atoms with Gasteiger partial charge >= 0.3 is 0 Å². The second-order valence-electron chi connectivity index (χ2n) is 5.32. The van der Waals surface area contributed by atoms with E-state index in [1.54, 1.807) is 11.9 Å². The predicted molar refractivity (Wildman–Crippen MR) is 86.1 cm³/mol. The van der Waals surface area contributed by atoms with E-state index < -0.39 is 0 Å². The molecule has 0 atom stereocenters. The van der Waals surface area contributed by atoms with E-state index in [0.717, 1.165) is 43.0 Å². The van der Waals surface area contributed by atoms with Gasteiger partial charge in [-0.3, -0.25) is 0 Å². The van der Waals surface area contributed by atoms with Gasteiger partial charge < -0.3 is 4.74 Å². The second-order valence-corrected chi connectivity index (χ2v) is 6.33. The van der Waals surface area contributed by atoms with E-state index in [9.17, 15) is 0 Å². The molecule has 0 aromatic carbocycles. The third-order valence-corrected chi connectivity index (χ3v) is 4.69. The lowest BCUT2D eigenvalue weighted by Crippen LogP contribution is -2.04. The molecule has 0 radical (unpaired) electrons. The van der Waals surface area contributed by atoms with Gasteiger partial charge in [0.1, 0.15) is 11.6 Å². The summed E-state index contributed by atoms with van der Waals surface area (Å²) >= 11 is 1.71. The molecule has 0 spiro atoms. The molecule has 20 heavy (non-hydrogen) atoms.